The lowest BCUT2D eigenvalue weighted by atomic mass is 10.1. The van der Waals surface area contributed by atoms with Crippen molar-refractivity contribution < 1.29 is 14.3 Å². The number of amidine groups is 1. The monoisotopic (exact) mass is 364 g/mol. The average Bonchev–Trinajstić information content (AvgIpc) is 3.05. The van der Waals surface area contributed by atoms with E-state index in [1.807, 2.05) is 42.5 Å². The molecule has 2 aromatic carbocycles. The zero-order valence-corrected chi connectivity index (χ0v) is 15.9. The van der Waals surface area contributed by atoms with E-state index in [4.69, 9.17) is 9.47 Å². The molecular weight excluding hydrogens is 340 g/mol. The number of benzene rings is 2. The molecule has 0 aliphatic carbocycles. The molecule has 0 fully saturated rings. The van der Waals surface area contributed by atoms with Crippen LogP contribution in [0.5, 0.6) is 11.5 Å². The number of carbonyl (C=O) groups excluding carboxylic acids is 1. The number of nitrogens with zero attached hydrogens (tertiary/aromatic N) is 1. The smallest absolute Gasteiger partial charge is 0.275 e. The molecule has 5 nitrogen and oxygen atoms in total. The van der Waals surface area contributed by atoms with Crippen LogP contribution in [0, 0.1) is 0 Å². The predicted octanol–water partition coefficient (Wildman–Crippen LogP) is 3.77. The molecule has 27 heavy (non-hydrogen) atoms. The molecule has 1 aliphatic rings. The third-order valence-electron chi connectivity index (χ3n) is 4.53. The number of ether oxygens (including phenoxy) is 2. The minimum Gasteiger partial charge on any atom is -0.497 e. The van der Waals surface area contributed by atoms with Gasteiger partial charge in [0.25, 0.3) is 5.91 Å². The molecule has 1 N–H and O–H groups in total. The Morgan fingerprint density at radius 3 is 2.63 bits per heavy atom. The Morgan fingerprint density at radius 1 is 1.04 bits per heavy atom. The fourth-order valence-corrected chi connectivity index (χ4v) is 2.99. The quantitative estimate of drug-likeness (QED) is 0.761. The second kappa shape index (κ2) is 8.54. The second-order valence-electron chi connectivity index (χ2n) is 6.32. The van der Waals surface area contributed by atoms with Gasteiger partial charge >= 0.3 is 0 Å². The Hall–Kier alpha value is -3.08. The van der Waals surface area contributed by atoms with Gasteiger partial charge in [0.15, 0.2) is 0 Å². The van der Waals surface area contributed by atoms with Crippen molar-refractivity contribution in [1.29, 1.82) is 0 Å². The molecule has 0 atom stereocenters. The van der Waals surface area contributed by atoms with Crippen molar-refractivity contribution in [3.63, 3.8) is 0 Å². The van der Waals surface area contributed by atoms with Gasteiger partial charge in [-0.05, 0) is 54.3 Å². The van der Waals surface area contributed by atoms with E-state index < -0.39 is 0 Å². The lowest BCUT2D eigenvalue weighted by Gasteiger charge is -2.07. The number of methoxy groups -OCH3 is 2. The summed E-state index contributed by atoms with van der Waals surface area (Å²) in [5.74, 6) is 2.06. The topological polar surface area (TPSA) is 59.9 Å². The minimum atomic E-state index is -0.181. The molecule has 3 rings (SSSR count). The van der Waals surface area contributed by atoms with Gasteiger partial charge in [0.05, 0.1) is 14.2 Å². The Balaban J connectivity index is 1.76. The van der Waals surface area contributed by atoms with Crippen molar-refractivity contribution in [2.75, 3.05) is 14.2 Å². The van der Waals surface area contributed by atoms with Crippen LogP contribution in [-0.4, -0.2) is 26.0 Å². The summed E-state index contributed by atoms with van der Waals surface area (Å²) in [5, 5.41) is 2.86. The van der Waals surface area contributed by atoms with Crippen LogP contribution in [0.25, 0.3) is 6.08 Å². The normalized spacial score (nSPS) is 14.9. The maximum absolute atomic E-state index is 12.3. The van der Waals surface area contributed by atoms with Crippen LogP contribution in [0.15, 0.2) is 53.2 Å². The molecule has 0 bridgehead atoms. The number of hydrogen-bond donors (Lipinski definition) is 1. The number of aliphatic imine (C=N–C) groups is 1. The van der Waals surface area contributed by atoms with E-state index in [0.717, 1.165) is 35.5 Å². The maximum atomic E-state index is 12.3. The number of amides is 1. The van der Waals surface area contributed by atoms with Crippen LogP contribution in [0.3, 0.4) is 0 Å². The van der Waals surface area contributed by atoms with Gasteiger partial charge < -0.3 is 14.8 Å². The van der Waals surface area contributed by atoms with E-state index in [9.17, 15) is 4.79 Å². The first-order chi connectivity index (χ1) is 13.1. The minimum absolute atomic E-state index is 0.181. The second-order valence-corrected chi connectivity index (χ2v) is 6.32. The summed E-state index contributed by atoms with van der Waals surface area (Å²) in [6.45, 7) is 2.09. The van der Waals surface area contributed by atoms with Gasteiger partial charge in [0.2, 0.25) is 0 Å². The predicted molar refractivity (Wildman–Crippen MR) is 107 cm³/mol. The summed E-state index contributed by atoms with van der Waals surface area (Å²) in [7, 11) is 3.28. The lowest BCUT2D eigenvalue weighted by molar-refractivity contribution is -0.115. The molecule has 0 unspecified atom stereocenters. The molecule has 140 valence electrons. The van der Waals surface area contributed by atoms with Crippen LogP contribution in [-0.2, 0) is 17.6 Å². The van der Waals surface area contributed by atoms with Crippen LogP contribution in [0.1, 0.15) is 30.0 Å². The number of rotatable bonds is 7. The summed E-state index contributed by atoms with van der Waals surface area (Å²) < 4.78 is 10.7. The third kappa shape index (κ3) is 4.56. The fourth-order valence-electron chi connectivity index (χ4n) is 2.99. The summed E-state index contributed by atoms with van der Waals surface area (Å²) in [6.07, 6.45) is 4.13. The molecule has 0 saturated heterocycles. The Bertz CT molecular complexity index is 900. The van der Waals surface area contributed by atoms with Crippen molar-refractivity contribution >= 4 is 17.8 Å². The molecule has 0 saturated carbocycles. The summed E-state index contributed by atoms with van der Waals surface area (Å²) in [4.78, 5) is 16.8. The Kier molecular flexibility index (Phi) is 5.91. The van der Waals surface area contributed by atoms with Crippen molar-refractivity contribution in [1.82, 2.24) is 5.32 Å². The first kappa shape index (κ1) is 18.7. The highest BCUT2D eigenvalue weighted by Crippen LogP contribution is 2.24. The number of hydrogen-bond acceptors (Lipinski definition) is 4. The van der Waals surface area contributed by atoms with Crippen LogP contribution in [0.4, 0.5) is 0 Å². The Labute approximate surface area is 159 Å². The highest BCUT2D eigenvalue weighted by Gasteiger charge is 2.20. The lowest BCUT2D eigenvalue weighted by Crippen LogP contribution is -2.24. The molecule has 1 heterocycles. The number of carbonyl (C=O) groups is 1. The largest absolute Gasteiger partial charge is 0.497 e. The molecule has 0 radical (unpaired) electrons. The molecule has 0 spiro atoms. The number of aryl methyl sites for hydroxylation is 2. The van der Waals surface area contributed by atoms with Crippen molar-refractivity contribution in [3.8, 4) is 11.5 Å². The zero-order valence-electron chi connectivity index (χ0n) is 15.9. The van der Waals surface area contributed by atoms with Gasteiger partial charge in [-0.3, -0.25) is 4.79 Å². The maximum Gasteiger partial charge on any atom is 0.275 e. The molecule has 1 aliphatic heterocycles. The van der Waals surface area contributed by atoms with Crippen LogP contribution >= 0.6 is 0 Å². The number of nitrogens with one attached hydrogen (secondary N) is 1. The van der Waals surface area contributed by atoms with E-state index in [2.05, 4.69) is 17.2 Å². The first-order valence-electron chi connectivity index (χ1n) is 9.03. The van der Waals surface area contributed by atoms with Crippen molar-refractivity contribution in [2.24, 2.45) is 4.99 Å². The summed E-state index contributed by atoms with van der Waals surface area (Å²) in [6, 6.07) is 13.9. The van der Waals surface area contributed by atoms with E-state index in [1.54, 1.807) is 20.3 Å². The third-order valence-corrected chi connectivity index (χ3v) is 4.53. The molecule has 1 amide bonds. The van der Waals surface area contributed by atoms with Gasteiger partial charge in [-0.2, -0.15) is 0 Å². The van der Waals surface area contributed by atoms with Crippen molar-refractivity contribution in [3.05, 3.63) is 64.9 Å². The molecular formula is C22H24N2O3. The van der Waals surface area contributed by atoms with E-state index >= 15 is 0 Å². The van der Waals surface area contributed by atoms with Gasteiger partial charge in [0.1, 0.15) is 23.0 Å². The molecule has 0 aromatic heterocycles. The highest BCUT2D eigenvalue weighted by molar-refractivity contribution is 6.14. The van der Waals surface area contributed by atoms with Gasteiger partial charge in [-0.15, -0.1) is 0 Å². The van der Waals surface area contributed by atoms with Gasteiger partial charge in [-0.1, -0.05) is 25.1 Å². The Morgan fingerprint density at radius 2 is 1.89 bits per heavy atom. The molecule has 2 aromatic rings. The van der Waals surface area contributed by atoms with Crippen LogP contribution < -0.4 is 14.8 Å². The van der Waals surface area contributed by atoms with Gasteiger partial charge in [0, 0.05) is 12.0 Å². The summed E-state index contributed by atoms with van der Waals surface area (Å²) >= 11 is 0. The standard InChI is InChI=1S/C22H24N2O3/c1-4-15-8-10-20(27-3)17(12-15)14-19-22(25)24-21(23-19)11-9-16-6-5-7-18(13-16)26-2/h5-8,10,12-14H,4,9,11H2,1-3H3,(H,23,24,25)/b19-14+. The fraction of sp³-hybridized carbons (Fsp3) is 0.273. The first-order valence-corrected chi connectivity index (χ1v) is 9.03. The van der Waals surface area contributed by atoms with E-state index in [-0.39, 0.29) is 5.91 Å². The van der Waals surface area contributed by atoms with E-state index in [0.29, 0.717) is 18.0 Å². The summed E-state index contributed by atoms with van der Waals surface area (Å²) in [5.41, 5.74) is 3.59. The van der Waals surface area contributed by atoms with E-state index in [1.165, 1.54) is 5.56 Å². The average molecular weight is 364 g/mol. The van der Waals surface area contributed by atoms with Crippen molar-refractivity contribution in [2.45, 2.75) is 26.2 Å². The van der Waals surface area contributed by atoms with Gasteiger partial charge in [-0.25, -0.2) is 4.99 Å². The zero-order chi connectivity index (χ0) is 19.2. The van der Waals surface area contributed by atoms with Crippen LogP contribution in [0.2, 0.25) is 0 Å². The highest BCUT2D eigenvalue weighted by atomic mass is 16.5. The molecule has 5 heteroatoms. The SMILES string of the molecule is CCc1ccc(OC)c(/C=C2/N=C(CCc3cccc(OC)c3)NC2=O)c1.